The Morgan fingerprint density at radius 2 is 2.00 bits per heavy atom. The second-order valence-electron chi connectivity index (χ2n) is 4.84. The topological polar surface area (TPSA) is 36.5 Å². The maximum absolute atomic E-state index is 5.31. The van der Waals surface area contributed by atoms with Gasteiger partial charge in [-0.05, 0) is 31.1 Å². The van der Waals surface area contributed by atoms with Crippen molar-refractivity contribution in [2.75, 3.05) is 45.9 Å². The van der Waals surface area contributed by atoms with Crippen LogP contribution in [0.4, 0.5) is 0 Å². The Morgan fingerprint density at radius 3 is 2.65 bits per heavy atom. The van der Waals surface area contributed by atoms with Crippen LogP contribution in [-0.4, -0.2) is 55.9 Å². The monoisotopic (exact) mass is 259 g/mol. The Balaban J connectivity index is 1.94. The molecule has 0 atom stereocenters. The highest BCUT2D eigenvalue weighted by molar-refractivity contribution is 7.80. The van der Waals surface area contributed by atoms with Crippen LogP contribution in [0.2, 0.25) is 0 Å². The van der Waals surface area contributed by atoms with Gasteiger partial charge in [-0.3, -0.25) is 4.90 Å². The molecule has 0 saturated carbocycles. The summed E-state index contributed by atoms with van der Waals surface area (Å²) in [6.07, 6.45) is 1.13. The van der Waals surface area contributed by atoms with Gasteiger partial charge in [-0.15, -0.1) is 0 Å². The van der Waals surface area contributed by atoms with E-state index in [1.807, 2.05) is 0 Å². The molecule has 0 aromatic carbocycles. The molecule has 1 rings (SSSR count). The second-order valence-corrected chi connectivity index (χ2v) is 5.25. The van der Waals surface area contributed by atoms with Crippen molar-refractivity contribution in [3.8, 4) is 0 Å². The van der Waals surface area contributed by atoms with Crippen LogP contribution < -0.4 is 10.6 Å². The van der Waals surface area contributed by atoms with Crippen molar-refractivity contribution in [1.82, 2.24) is 15.5 Å². The predicted molar refractivity (Wildman–Crippen MR) is 75.3 cm³/mol. The van der Waals surface area contributed by atoms with Gasteiger partial charge in [-0.25, -0.2) is 0 Å². The summed E-state index contributed by atoms with van der Waals surface area (Å²) in [5.41, 5.74) is 0. The smallest absolute Gasteiger partial charge is 0.166 e. The molecule has 1 aliphatic rings. The molecule has 1 fully saturated rings. The van der Waals surface area contributed by atoms with Crippen molar-refractivity contribution in [2.24, 2.45) is 5.92 Å². The second kappa shape index (κ2) is 8.66. The van der Waals surface area contributed by atoms with Crippen molar-refractivity contribution in [1.29, 1.82) is 0 Å². The molecule has 1 aliphatic heterocycles. The minimum Gasteiger partial charge on any atom is -0.379 e. The largest absolute Gasteiger partial charge is 0.379 e. The first-order chi connectivity index (χ1) is 8.18. The highest BCUT2D eigenvalue weighted by Crippen LogP contribution is 1.97. The van der Waals surface area contributed by atoms with Crippen LogP contribution in [0, 0.1) is 5.92 Å². The number of morpholine rings is 1. The van der Waals surface area contributed by atoms with Gasteiger partial charge in [-0.1, -0.05) is 13.8 Å². The molecule has 5 heteroatoms. The highest BCUT2D eigenvalue weighted by atomic mass is 32.1. The normalized spacial score (nSPS) is 17.1. The van der Waals surface area contributed by atoms with Gasteiger partial charge in [-0.2, -0.15) is 0 Å². The zero-order valence-corrected chi connectivity index (χ0v) is 11.8. The first-order valence-electron chi connectivity index (χ1n) is 6.50. The molecular weight excluding hydrogens is 234 g/mol. The third kappa shape index (κ3) is 7.52. The van der Waals surface area contributed by atoms with E-state index in [1.165, 1.54) is 0 Å². The van der Waals surface area contributed by atoms with Gasteiger partial charge < -0.3 is 15.4 Å². The minimum atomic E-state index is 0.628. The molecule has 0 bridgehead atoms. The number of ether oxygens (including phenoxy) is 1. The van der Waals surface area contributed by atoms with E-state index < -0.39 is 0 Å². The number of nitrogens with one attached hydrogen (secondary N) is 2. The summed E-state index contributed by atoms with van der Waals surface area (Å²) in [4.78, 5) is 2.44. The third-order valence-electron chi connectivity index (χ3n) is 2.71. The zero-order chi connectivity index (χ0) is 12.5. The SMILES string of the molecule is CC(C)CNC(=S)NCCCN1CCOCC1. The summed E-state index contributed by atoms with van der Waals surface area (Å²) in [6.45, 7) is 11.2. The molecule has 2 N–H and O–H groups in total. The molecule has 0 aliphatic carbocycles. The van der Waals surface area contributed by atoms with E-state index in [4.69, 9.17) is 17.0 Å². The highest BCUT2D eigenvalue weighted by Gasteiger charge is 2.08. The van der Waals surface area contributed by atoms with Crippen LogP contribution >= 0.6 is 12.2 Å². The Morgan fingerprint density at radius 1 is 1.29 bits per heavy atom. The fraction of sp³-hybridized carbons (Fsp3) is 0.917. The zero-order valence-electron chi connectivity index (χ0n) is 11.0. The molecule has 100 valence electrons. The van der Waals surface area contributed by atoms with E-state index in [-0.39, 0.29) is 0 Å². The van der Waals surface area contributed by atoms with Gasteiger partial charge in [0.1, 0.15) is 0 Å². The van der Waals surface area contributed by atoms with Gasteiger partial charge in [0.05, 0.1) is 13.2 Å². The molecule has 1 heterocycles. The maximum Gasteiger partial charge on any atom is 0.166 e. The van der Waals surface area contributed by atoms with Crippen LogP contribution in [0.3, 0.4) is 0 Å². The molecule has 0 amide bonds. The Kier molecular flexibility index (Phi) is 7.48. The quantitative estimate of drug-likeness (QED) is 0.546. The van der Waals surface area contributed by atoms with Gasteiger partial charge in [0, 0.05) is 26.2 Å². The van der Waals surface area contributed by atoms with Crippen molar-refractivity contribution in [2.45, 2.75) is 20.3 Å². The van der Waals surface area contributed by atoms with Crippen LogP contribution in [-0.2, 0) is 4.74 Å². The van der Waals surface area contributed by atoms with Crippen molar-refractivity contribution in [3.63, 3.8) is 0 Å². The standard InChI is InChI=1S/C12H25N3OS/c1-11(2)10-14-12(17)13-4-3-5-15-6-8-16-9-7-15/h11H,3-10H2,1-2H3,(H2,13,14,17). The molecule has 0 unspecified atom stereocenters. The van der Waals surface area contributed by atoms with Crippen LogP contribution in [0.15, 0.2) is 0 Å². The maximum atomic E-state index is 5.31. The first kappa shape index (κ1) is 14.7. The average molecular weight is 259 g/mol. The Bertz CT molecular complexity index is 218. The van der Waals surface area contributed by atoms with E-state index in [2.05, 4.69) is 29.4 Å². The van der Waals surface area contributed by atoms with E-state index >= 15 is 0 Å². The van der Waals surface area contributed by atoms with Gasteiger partial charge >= 0.3 is 0 Å². The van der Waals surface area contributed by atoms with Crippen molar-refractivity contribution in [3.05, 3.63) is 0 Å². The number of hydrogen-bond acceptors (Lipinski definition) is 3. The van der Waals surface area contributed by atoms with E-state index in [0.29, 0.717) is 5.92 Å². The summed E-state index contributed by atoms with van der Waals surface area (Å²) in [5.74, 6) is 0.628. The molecule has 1 saturated heterocycles. The molecular formula is C12H25N3OS. The van der Waals surface area contributed by atoms with E-state index in [0.717, 1.165) is 57.5 Å². The number of nitrogens with zero attached hydrogens (tertiary/aromatic N) is 1. The fourth-order valence-electron chi connectivity index (χ4n) is 1.69. The lowest BCUT2D eigenvalue weighted by Gasteiger charge is -2.26. The summed E-state index contributed by atoms with van der Waals surface area (Å²) >= 11 is 5.19. The lowest BCUT2D eigenvalue weighted by atomic mass is 10.2. The van der Waals surface area contributed by atoms with Crippen molar-refractivity contribution < 1.29 is 4.74 Å². The molecule has 0 spiro atoms. The van der Waals surface area contributed by atoms with E-state index in [9.17, 15) is 0 Å². The van der Waals surface area contributed by atoms with Crippen LogP contribution in [0.25, 0.3) is 0 Å². The van der Waals surface area contributed by atoms with E-state index in [1.54, 1.807) is 0 Å². The lowest BCUT2D eigenvalue weighted by molar-refractivity contribution is 0.0376. The Hall–Kier alpha value is -0.390. The summed E-state index contributed by atoms with van der Waals surface area (Å²) in [7, 11) is 0. The Labute approximate surface area is 110 Å². The number of rotatable bonds is 6. The number of thiocarbonyl (C=S) groups is 1. The average Bonchev–Trinajstić information content (AvgIpc) is 2.33. The summed E-state index contributed by atoms with van der Waals surface area (Å²) in [5, 5.41) is 7.23. The molecule has 0 aromatic rings. The number of hydrogen-bond donors (Lipinski definition) is 2. The first-order valence-corrected chi connectivity index (χ1v) is 6.91. The summed E-state index contributed by atoms with van der Waals surface area (Å²) in [6, 6.07) is 0. The molecule has 0 aromatic heterocycles. The molecule has 4 nitrogen and oxygen atoms in total. The molecule has 0 radical (unpaired) electrons. The van der Waals surface area contributed by atoms with Gasteiger partial charge in [0.2, 0.25) is 0 Å². The summed E-state index contributed by atoms with van der Waals surface area (Å²) < 4.78 is 5.31. The van der Waals surface area contributed by atoms with Crippen molar-refractivity contribution >= 4 is 17.3 Å². The molecule has 17 heavy (non-hydrogen) atoms. The minimum absolute atomic E-state index is 0.628. The third-order valence-corrected chi connectivity index (χ3v) is 3.00. The van der Waals surface area contributed by atoms with Crippen LogP contribution in [0.1, 0.15) is 20.3 Å². The van der Waals surface area contributed by atoms with Crippen LogP contribution in [0.5, 0.6) is 0 Å². The van der Waals surface area contributed by atoms with Gasteiger partial charge in [0.15, 0.2) is 5.11 Å². The lowest BCUT2D eigenvalue weighted by Crippen LogP contribution is -2.40. The fourth-order valence-corrected chi connectivity index (χ4v) is 1.87. The van der Waals surface area contributed by atoms with Gasteiger partial charge in [0.25, 0.3) is 0 Å². The predicted octanol–water partition coefficient (Wildman–Crippen LogP) is 0.829.